The zero-order valence-corrected chi connectivity index (χ0v) is 16.8. The van der Waals surface area contributed by atoms with Crippen molar-refractivity contribution in [3.63, 3.8) is 0 Å². The average Bonchev–Trinajstić information content (AvgIpc) is 3.09. The van der Waals surface area contributed by atoms with E-state index in [1.165, 1.54) is 6.08 Å². The molecule has 0 saturated carbocycles. The Bertz CT molecular complexity index is 944. The van der Waals surface area contributed by atoms with Crippen LogP contribution in [0.1, 0.15) is 23.5 Å². The van der Waals surface area contributed by atoms with Crippen LogP contribution in [0.25, 0.3) is 11.1 Å². The zero-order chi connectivity index (χ0) is 22.4. The predicted molar refractivity (Wildman–Crippen MR) is 113 cm³/mol. The summed E-state index contributed by atoms with van der Waals surface area (Å²) in [6.07, 6.45) is 0.677. The van der Waals surface area contributed by atoms with E-state index >= 15 is 0 Å². The highest BCUT2D eigenvalue weighted by molar-refractivity contribution is 5.89. The first-order chi connectivity index (χ1) is 15.0. The highest BCUT2D eigenvalue weighted by atomic mass is 16.5. The summed E-state index contributed by atoms with van der Waals surface area (Å²) in [4.78, 5) is 35.7. The number of hydrogen-bond donors (Lipinski definition) is 4. The number of nitrogens with one attached hydrogen (secondary N) is 2. The number of carbonyl (C=O) groups excluding carboxylic acids is 2. The van der Waals surface area contributed by atoms with E-state index in [0.29, 0.717) is 0 Å². The molecule has 0 radical (unpaired) electrons. The molecule has 8 heteroatoms. The normalized spacial score (nSPS) is 14.0. The van der Waals surface area contributed by atoms with E-state index in [-0.39, 0.29) is 18.9 Å². The van der Waals surface area contributed by atoms with Gasteiger partial charge in [-0.3, -0.25) is 4.79 Å². The second kappa shape index (κ2) is 9.90. The number of ether oxygens (including phenoxy) is 1. The fourth-order valence-electron chi connectivity index (χ4n) is 3.64. The molecular weight excluding hydrogens is 400 g/mol. The van der Waals surface area contributed by atoms with Gasteiger partial charge in [-0.25, -0.2) is 9.59 Å². The molecule has 4 N–H and O–H groups in total. The summed E-state index contributed by atoms with van der Waals surface area (Å²) in [6, 6.07) is 13.3. The molecule has 8 nitrogen and oxygen atoms in total. The lowest BCUT2D eigenvalue weighted by atomic mass is 9.98. The maximum atomic E-state index is 12.4. The smallest absolute Gasteiger partial charge is 0.407 e. The molecule has 1 aliphatic rings. The van der Waals surface area contributed by atoms with Crippen molar-refractivity contribution in [3.05, 3.63) is 72.3 Å². The van der Waals surface area contributed by atoms with Crippen LogP contribution < -0.4 is 10.6 Å². The van der Waals surface area contributed by atoms with Crippen LogP contribution in [0.15, 0.2) is 61.2 Å². The van der Waals surface area contributed by atoms with E-state index in [0.717, 1.165) is 22.3 Å². The number of aliphatic hydroxyl groups is 1. The molecule has 1 aliphatic carbocycles. The van der Waals surface area contributed by atoms with Gasteiger partial charge in [0.15, 0.2) is 0 Å². The van der Waals surface area contributed by atoms with Crippen molar-refractivity contribution in [1.82, 2.24) is 10.6 Å². The van der Waals surface area contributed by atoms with Gasteiger partial charge in [0.2, 0.25) is 5.91 Å². The minimum absolute atomic E-state index is 0.0633. The van der Waals surface area contributed by atoms with E-state index in [4.69, 9.17) is 14.9 Å². The lowest BCUT2D eigenvalue weighted by Gasteiger charge is -2.20. The number of amides is 2. The molecule has 0 spiro atoms. The minimum atomic E-state index is -1.47. The summed E-state index contributed by atoms with van der Waals surface area (Å²) in [7, 11) is 0. The highest BCUT2D eigenvalue weighted by Crippen LogP contribution is 2.44. The summed E-state index contributed by atoms with van der Waals surface area (Å²) in [5, 5.41) is 22.7. The summed E-state index contributed by atoms with van der Waals surface area (Å²) in [5.74, 6) is -2.26. The largest absolute Gasteiger partial charge is 0.480 e. The number of aliphatic hydroxyl groups excluding tert-OH is 1. The quantitative estimate of drug-likeness (QED) is 0.457. The molecule has 0 heterocycles. The zero-order valence-electron chi connectivity index (χ0n) is 16.8. The number of rotatable bonds is 9. The van der Waals surface area contributed by atoms with Crippen LogP contribution in [-0.2, 0) is 14.3 Å². The third kappa shape index (κ3) is 4.92. The first-order valence-corrected chi connectivity index (χ1v) is 9.82. The average molecular weight is 424 g/mol. The van der Waals surface area contributed by atoms with Gasteiger partial charge in [-0.05, 0) is 28.7 Å². The number of hydrogen-bond acceptors (Lipinski definition) is 5. The fraction of sp³-hybridized carbons (Fsp3) is 0.261. The number of carboxylic acids is 1. The number of fused-ring (bicyclic) bond motifs is 3. The van der Waals surface area contributed by atoms with Crippen molar-refractivity contribution in [2.75, 3.05) is 13.2 Å². The van der Waals surface area contributed by atoms with Crippen LogP contribution in [0.4, 0.5) is 4.79 Å². The van der Waals surface area contributed by atoms with Gasteiger partial charge in [-0.1, -0.05) is 54.6 Å². The van der Waals surface area contributed by atoms with Crippen molar-refractivity contribution in [1.29, 1.82) is 0 Å². The Labute approximate surface area is 179 Å². The monoisotopic (exact) mass is 424 g/mol. The van der Waals surface area contributed by atoms with Crippen molar-refractivity contribution < 1.29 is 29.3 Å². The fourth-order valence-corrected chi connectivity index (χ4v) is 3.64. The van der Waals surface area contributed by atoms with Crippen LogP contribution >= 0.6 is 0 Å². The predicted octanol–water partition coefficient (Wildman–Crippen LogP) is 2.03. The molecule has 162 valence electrons. The van der Waals surface area contributed by atoms with Gasteiger partial charge >= 0.3 is 12.1 Å². The topological polar surface area (TPSA) is 125 Å². The molecule has 31 heavy (non-hydrogen) atoms. The van der Waals surface area contributed by atoms with Crippen LogP contribution in [0.5, 0.6) is 0 Å². The van der Waals surface area contributed by atoms with Crippen molar-refractivity contribution >= 4 is 18.0 Å². The number of carbonyl (C=O) groups is 3. The molecule has 3 rings (SSSR count). The maximum absolute atomic E-state index is 12.4. The third-order valence-corrected chi connectivity index (χ3v) is 5.15. The van der Waals surface area contributed by atoms with Gasteiger partial charge in [-0.15, -0.1) is 6.58 Å². The molecule has 0 saturated heterocycles. The van der Waals surface area contributed by atoms with Gasteiger partial charge in [0, 0.05) is 5.92 Å². The molecule has 2 aromatic carbocycles. The van der Waals surface area contributed by atoms with E-state index in [1.54, 1.807) is 0 Å². The minimum Gasteiger partial charge on any atom is -0.480 e. The second-order valence-corrected chi connectivity index (χ2v) is 7.13. The molecule has 2 aromatic rings. The highest BCUT2D eigenvalue weighted by Gasteiger charge is 2.30. The van der Waals surface area contributed by atoms with E-state index in [1.807, 2.05) is 48.5 Å². The molecule has 2 amide bonds. The summed E-state index contributed by atoms with van der Waals surface area (Å²) in [5.41, 5.74) is 4.31. The summed E-state index contributed by atoms with van der Waals surface area (Å²) in [6.45, 7) is 2.85. The van der Waals surface area contributed by atoms with E-state index < -0.39 is 36.7 Å². The Morgan fingerprint density at radius 3 is 2.10 bits per heavy atom. The van der Waals surface area contributed by atoms with Crippen molar-refractivity contribution in [3.8, 4) is 11.1 Å². The molecule has 0 bridgehead atoms. The van der Waals surface area contributed by atoms with Gasteiger partial charge in [0.05, 0.1) is 6.61 Å². The first-order valence-electron chi connectivity index (χ1n) is 9.82. The number of alkyl carbamates (subject to hydrolysis) is 1. The molecule has 0 fully saturated rings. The molecule has 0 aliphatic heterocycles. The number of aliphatic carboxylic acids is 1. The Morgan fingerprint density at radius 1 is 1.00 bits per heavy atom. The van der Waals surface area contributed by atoms with Crippen LogP contribution in [0.3, 0.4) is 0 Å². The Hall–Kier alpha value is -3.65. The lowest BCUT2D eigenvalue weighted by Crippen LogP contribution is -2.52. The SMILES string of the molecule is C=CCC(NC(=O)OCC1c2ccccc2-c2ccccc21)C(=O)N[C@@H](CO)C(=O)O. The van der Waals surface area contributed by atoms with Gasteiger partial charge < -0.3 is 25.6 Å². The summed E-state index contributed by atoms with van der Waals surface area (Å²) < 4.78 is 5.42. The standard InChI is InChI=1S/C23H24N2O6/c1-2-7-19(21(27)24-20(12-26)22(28)29)25-23(30)31-13-18-16-10-5-3-8-14(16)15-9-4-6-11-17(15)18/h2-6,8-11,18-20,26H,1,7,12-13H2,(H,24,27)(H,25,30)(H,28,29)/t19?,20-/m0/s1. The molecule has 2 atom stereocenters. The second-order valence-electron chi connectivity index (χ2n) is 7.13. The lowest BCUT2D eigenvalue weighted by molar-refractivity contribution is -0.143. The number of carboxylic acid groups (broad SMARTS) is 1. The first kappa shape index (κ1) is 22.0. The Kier molecular flexibility index (Phi) is 7.04. The van der Waals surface area contributed by atoms with Crippen LogP contribution in [0, 0.1) is 0 Å². The third-order valence-electron chi connectivity index (χ3n) is 5.15. The molecule has 1 unspecified atom stereocenters. The van der Waals surface area contributed by atoms with E-state index in [9.17, 15) is 14.4 Å². The number of benzene rings is 2. The molecular formula is C23H24N2O6. The van der Waals surface area contributed by atoms with Gasteiger partial charge in [-0.2, -0.15) is 0 Å². The Morgan fingerprint density at radius 2 is 1.58 bits per heavy atom. The van der Waals surface area contributed by atoms with Crippen molar-refractivity contribution in [2.45, 2.75) is 24.4 Å². The van der Waals surface area contributed by atoms with Crippen LogP contribution in [-0.4, -0.2) is 53.5 Å². The van der Waals surface area contributed by atoms with E-state index in [2.05, 4.69) is 17.2 Å². The van der Waals surface area contributed by atoms with Gasteiger partial charge in [0.25, 0.3) is 0 Å². The van der Waals surface area contributed by atoms with Crippen molar-refractivity contribution in [2.24, 2.45) is 0 Å². The maximum Gasteiger partial charge on any atom is 0.407 e. The van der Waals surface area contributed by atoms with Crippen LogP contribution in [0.2, 0.25) is 0 Å². The molecule has 0 aromatic heterocycles. The Balaban J connectivity index is 1.65. The van der Waals surface area contributed by atoms with Gasteiger partial charge in [0.1, 0.15) is 18.7 Å². The summed E-state index contributed by atoms with van der Waals surface area (Å²) >= 11 is 0.